The molecule has 3 rings (SSSR count). The van der Waals surface area contributed by atoms with Crippen LogP contribution in [0.4, 0.5) is 0 Å². The molecule has 1 N–H and O–H groups in total. The molecule has 1 heterocycles. The first-order valence-corrected chi connectivity index (χ1v) is 8.42. The number of rotatable bonds is 3. The van der Waals surface area contributed by atoms with E-state index < -0.39 is 0 Å². The number of allylic oxidation sites excluding steroid dienone is 5. The maximum absolute atomic E-state index is 7.00. The van der Waals surface area contributed by atoms with E-state index in [2.05, 4.69) is 79.5 Å². The van der Waals surface area contributed by atoms with E-state index in [4.69, 9.17) is 5.11 Å². The molecule has 2 heteroatoms. The standard InChI is InChI=1S/C20H25N.CH4O/c1-20(2)12-6-9-18(10-13-20)19-11-14-21(16-19)15-17-7-4-3-5-8-17;1-2/h3-10,12-13,19H,11,14-16H2,1-2H3;2H,1H3. The van der Waals surface area contributed by atoms with Gasteiger partial charge in [-0.05, 0) is 30.0 Å². The molecule has 1 aromatic rings. The average molecular weight is 311 g/mol. The van der Waals surface area contributed by atoms with Gasteiger partial charge in [0.05, 0.1) is 0 Å². The summed E-state index contributed by atoms with van der Waals surface area (Å²) in [7, 11) is 1.00. The van der Waals surface area contributed by atoms with Gasteiger partial charge >= 0.3 is 0 Å². The van der Waals surface area contributed by atoms with Crippen LogP contribution in [-0.2, 0) is 6.54 Å². The zero-order chi connectivity index (χ0) is 16.7. The van der Waals surface area contributed by atoms with Gasteiger partial charge in [0, 0.05) is 25.6 Å². The minimum Gasteiger partial charge on any atom is -0.400 e. The summed E-state index contributed by atoms with van der Waals surface area (Å²) < 4.78 is 0. The summed E-state index contributed by atoms with van der Waals surface area (Å²) >= 11 is 0. The molecular formula is C21H29NO. The highest BCUT2D eigenvalue weighted by Gasteiger charge is 2.25. The molecule has 23 heavy (non-hydrogen) atoms. The molecule has 1 aliphatic heterocycles. The van der Waals surface area contributed by atoms with E-state index in [1.165, 1.54) is 30.6 Å². The van der Waals surface area contributed by atoms with Crippen molar-refractivity contribution < 1.29 is 5.11 Å². The fourth-order valence-electron chi connectivity index (χ4n) is 3.19. The van der Waals surface area contributed by atoms with Crippen molar-refractivity contribution in [3.63, 3.8) is 0 Å². The molecule has 1 unspecified atom stereocenters. The highest BCUT2D eigenvalue weighted by atomic mass is 16.2. The highest BCUT2D eigenvalue weighted by Crippen LogP contribution is 2.30. The lowest BCUT2D eigenvalue weighted by Gasteiger charge is -2.17. The van der Waals surface area contributed by atoms with Crippen LogP contribution in [0.25, 0.3) is 0 Å². The Bertz CT molecular complexity index is 569. The van der Waals surface area contributed by atoms with Crippen molar-refractivity contribution in [3.05, 3.63) is 71.8 Å². The van der Waals surface area contributed by atoms with Crippen molar-refractivity contribution in [1.82, 2.24) is 4.90 Å². The molecule has 0 aromatic heterocycles. The summed E-state index contributed by atoms with van der Waals surface area (Å²) in [6.07, 6.45) is 12.8. The Kier molecular flexibility index (Phi) is 6.37. The molecule has 1 aliphatic carbocycles. The summed E-state index contributed by atoms with van der Waals surface area (Å²) in [6.45, 7) is 7.98. The first-order chi connectivity index (χ1) is 11.1. The van der Waals surface area contributed by atoms with E-state index in [-0.39, 0.29) is 5.41 Å². The minimum absolute atomic E-state index is 0.181. The Morgan fingerprint density at radius 1 is 1.13 bits per heavy atom. The fourth-order valence-corrected chi connectivity index (χ4v) is 3.19. The van der Waals surface area contributed by atoms with Gasteiger partial charge in [-0.25, -0.2) is 0 Å². The zero-order valence-corrected chi connectivity index (χ0v) is 14.6. The summed E-state index contributed by atoms with van der Waals surface area (Å²) in [5.41, 5.74) is 3.09. The topological polar surface area (TPSA) is 23.5 Å². The largest absolute Gasteiger partial charge is 0.400 e. The maximum Gasteiger partial charge on any atom is 0.0319 e. The second kappa shape index (κ2) is 8.28. The second-order valence-electron chi connectivity index (χ2n) is 6.89. The molecule has 2 nitrogen and oxygen atoms in total. The predicted octanol–water partition coefficient (Wildman–Crippen LogP) is 4.20. The molecule has 0 amide bonds. The molecule has 1 fully saturated rings. The van der Waals surface area contributed by atoms with E-state index in [1.807, 2.05) is 0 Å². The second-order valence-corrected chi connectivity index (χ2v) is 6.89. The average Bonchev–Trinajstić information content (AvgIpc) is 2.94. The van der Waals surface area contributed by atoms with Gasteiger partial charge in [0.25, 0.3) is 0 Å². The Hall–Kier alpha value is -1.64. The Balaban J connectivity index is 0.000000924. The molecule has 1 saturated heterocycles. The van der Waals surface area contributed by atoms with Crippen LogP contribution in [0, 0.1) is 11.3 Å². The van der Waals surface area contributed by atoms with Gasteiger partial charge in [-0.15, -0.1) is 0 Å². The van der Waals surface area contributed by atoms with E-state index in [0.717, 1.165) is 13.7 Å². The third kappa shape index (κ3) is 5.19. The molecule has 2 aliphatic rings. The Morgan fingerprint density at radius 2 is 1.87 bits per heavy atom. The Labute approximate surface area is 140 Å². The monoisotopic (exact) mass is 311 g/mol. The molecular weight excluding hydrogens is 282 g/mol. The molecule has 0 spiro atoms. The van der Waals surface area contributed by atoms with Crippen LogP contribution in [0.2, 0.25) is 0 Å². The van der Waals surface area contributed by atoms with Crippen molar-refractivity contribution in [2.24, 2.45) is 11.3 Å². The molecule has 1 aromatic carbocycles. The summed E-state index contributed by atoms with van der Waals surface area (Å²) in [5, 5.41) is 7.00. The van der Waals surface area contributed by atoms with Gasteiger partial charge < -0.3 is 5.11 Å². The zero-order valence-electron chi connectivity index (χ0n) is 14.6. The lowest BCUT2D eigenvalue weighted by atomic mass is 9.92. The normalized spacial score (nSPS) is 23.0. The summed E-state index contributed by atoms with van der Waals surface area (Å²) in [6, 6.07) is 10.8. The predicted molar refractivity (Wildman–Crippen MR) is 98.1 cm³/mol. The van der Waals surface area contributed by atoms with Gasteiger partial charge in [0.2, 0.25) is 0 Å². The summed E-state index contributed by atoms with van der Waals surface area (Å²) in [4.78, 5) is 2.58. The molecule has 1 atom stereocenters. The van der Waals surface area contributed by atoms with Crippen LogP contribution in [0.5, 0.6) is 0 Å². The maximum atomic E-state index is 7.00. The number of aliphatic hydroxyl groups is 1. The number of nitrogens with zero attached hydrogens (tertiary/aromatic N) is 1. The molecule has 0 radical (unpaired) electrons. The van der Waals surface area contributed by atoms with Crippen molar-refractivity contribution in [3.8, 4) is 0 Å². The van der Waals surface area contributed by atoms with Crippen LogP contribution >= 0.6 is 0 Å². The SMILES string of the molecule is CC1(C)C=CC=C(C2CCN(Cc3ccccc3)C2)C=C1.CO. The van der Waals surface area contributed by atoms with Crippen LogP contribution in [0.3, 0.4) is 0 Å². The quantitative estimate of drug-likeness (QED) is 0.904. The third-order valence-electron chi connectivity index (χ3n) is 4.51. The van der Waals surface area contributed by atoms with Crippen molar-refractivity contribution in [1.29, 1.82) is 0 Å². The number of hydrogen-bond acceptors (Lipinski definition) is 2. The first kappa shape index (κ1) is 17.7. The van der Waals surface area contributed by atoms with Gasteiger partial charge in [0.1, 0.15) is 0 Å². The van der Waals surface area contributed by atoms with E-state index in [1.54, 1.807) is 0 Å². The van der Waals surface area contributed by atoms with Crippen LogP contribution < -0.4 is 0 Å². The van der Waals surface area contributed by atoms with Gasteiger partial charge in [0.15, 0.2) is 0 Å². The number of likely N-dealkylation sites (tertiary alicyclic amines) is 1. The van der Waals surface area contributed by atoms with Gasteiger partial charge in [-0.3, -0.25) is 4.90 Å². The number of benzene rings is 1. The first-order valence-electron chi connectivity index (χ1n) is 8.42. The molecule has 0 saturated carbocycles. The third-order valence-corrected chi connectivity index (χ3v) is 4.51. The van der Waals surface area contributed by atoms with E-state index in [9.17, 15) is 0 Å². The van der Waals surface area contributed by atoms with E-state index in [0.29, 0.717) is 5.92 Å². The van der Waals surface area contributed by atoms with Crippen molar-refractivity contribution >= 4 is 0 Å². The lowest BCUT2D eigenvalue weighted by Crippen LogP contribution is -2.20. The number of aliphatic hydroxyl groups excluding tert-OH is 1. The highest BCUT2D eigenvalue weighted by molar-refractivity contribution is 5.33. The van der Waals surface area contributed by atoms with Crippen LogP contribution in [-0.4, -0.2) is 30.2 Å². The molecule has 124 valence electrons. The molecule has 0 bridgehead atoms. The van der Waals surface area contributed by atoms with Crippen LogP contribution in [0.15, 0.2) is 66.3 Å². The minimum atomic E-state index is 0.181. The van der Waals surface area contributed by atoms with E-state index >= 15 is 0 Å². The van der Waals surface area contributed by atoms with Crippen molar-refractivity contribution in [2.75, 3.05) is 20.2 Å². The van der Waals surface area contributed by atoms with Crippen LogP contribution in [0.1, 0.15) is 25.8 Å². The summed E-state index contributed by atoms with van der Waals surface area (Å²) in [5.74, 6) is 0.684. The smallest absolute Gasteiger partial charge is 0.0319 e. The van der Waals surface area contributed by atoms with Gasteiger partial charge in [-0.1, -0.05) is 74.6 Å². The fraction of sp³-hybridized carbons (Fsp3) is 0.429. The number of hydrogen-bond donors (Lipinski definition) is 1. The lowest BCUT2D eigenvalue weighted by molar-refractivity contribution is 0.323. The van der Waals surface area contributed by atoms with Gasteiger partial charge in [-0.2, -0.15) is 0 Å². The van der Waals surface area contributed by atoms with Crippen molar-refractivity contribution in [2.45, 2.75) is 26.8 Å². The Morgan fingerprint density at radius 3 is 2.61 bits per heavy atom.